The Morgan fingerprint density at radius 1 is 1.38 bits per heavy atom. The number of aromatic hydroxyl groups is 1. The number of hydrogen-bond donors (Lipinski definition) is 2. The third kappa shape index (κ3) is 1.78. The maximum absolute atomic E-state index is 11.0. The van der Waals surface area contributed by atoms with Crippen LogP contribution in [0.15, 0.2) is 29.3 Å². The first kappa shape index (κ1) is 10.7. The third-order valence-corrected chi connectivity index (χ3v) is 2.89. The van der Waals surface area contributed by atoms with Crippen molar-refractivity contribution in [3.05, 3.63) is 29.8 Å². The normalized spacial score (nSPS) is 24.2. The van der Waals surface area contributed by atoms with Crippen LogP contribution in [-0.2, 0) is 4.79 Å². The minimum atomic E-state index is -0.993. The van der Waals surface area contributed by atoms with Gasteiger partial charge in [-0.05, 0) is 49.6 Å². The van der Waals surface area contributed by atoms with Gasteiger partial charge in [-0.1, -0.05) is 0 Å². The molecule has 0 spiro atoms. The van der Waals surface area contributed by atoms with E-state index in [2.05, 4.69) is 4.99 Å². The highest BCUT2D eigenvalue weighted by Crippen LogP contribution is 2.28. The van der Waals surface area contributed by atoms with Gasteiger partial charge in [-0.25, -0.2) is 4.79 Å². The molecule has 0 bridgehead atoms. The average Bonchev–Trinajstić information content (AvgIpc) is 2.63. The van der Waals surface area contributed by atoms with Gasteiger partial charge in [-0.15, -0.1) is 0 Å². The topological polar surface area (TPSA) is 69.9 Å². The van der Waals surface area contributed by atoms with Gasteiger partial charge >= 0.3 is 5.97 Å². The highest BCUT2D eigenvalue weighted by atomic mass is 16.4. The Morgan fingerprint density at radius 2 is 2.00 bits per heavy atom. The molecule has 2 rings (SSSR count). The highest BCUT2D eigenvalue weighted by Gasteiger charge is 2.37. The summed E-state index contributed by atoms with van der Waals surface area (Å²) in [6.45, 7) is 1.63. The molecule has 0 unspecified atom stereocenters. The minimum Gasteiger partial charge on any atom is -0.508 e. The molecular formula is C12H13NO3. The van der Waals surface area contributed by atoms with E-state index in [0.29, 0.717) is 12.8 Å². The molecule has 0 aliphatic carbocycles. The van der Waals surface area contributed by atoms with Crippen molar-refractivity contribution < 1.29 is 15.0 Å². The van der Waals surface area contributed by atoms with Gasteiger partial charge < -0.3 is 10.2 Å². The van der Waals surface area contributed by atoms with Gasteiger partial charge in [-0.3, -0.25) is 4.99 Å². The summed E-state index contributed by atoms with van der Waals surface area (Å²) in [4.78, 5) is 15.3. The van der Waals surface area contributed by atoms with Gasteiger partial charge in [0.05, 0.1) is 0 Å². The number of phenols is 1. The summed E-state index contributed by atoms with van der Waals surface area (Å²) in [7, 11) is 0. The monoisotopic (exact) mass is 219 g/mol. The summed E-state index contributed by atoms with van der Waals surface area (Å²) in [5, 5.41) is 18.2. The van der Waals surface area contributed by atoms with Crippen molar-refractivity contribution in [2.45, 2.75) is 25.3 Å². The van der Waals surface area contributed by atoms with Gasteiger partial charge in [-0.2, -0.15) is 0 Å². The second-order valence-electron chi connectivity index (χ2n) is 4.18. The summed E-state index contributed by atoms with van der Waals surface area (Å²) in [6.07, 6.45) is 1.19. The van der Waals surface area contributed by atoms with Crippen LogP contribution in [0.5, 0.6) is 5.75 Å². The molecule has 84 valence electrons. The van der Waals surface area contributed by atoms with Crippen molar-refractivity contribution in [3.8, 4) is 5.75 Å². The number of aliphatic carboxylic acids is 1. The zero-order valence-corrected chi connectivity index (χ0v) is 8.97. The zero-order valence-electron chi connectivity index (χ0n) is 8.97. The molecule has 0 amide bonds. The predicted octanol–water partition coefficient (Wildman–Crippen LogP) is 1.82. The van der Waals surface area contributed by atoms with Crippen LogP contribution >= 0.6 is 0 Å². The fraction of sp³-hybridized carbons (Fsp3) is 0.333. The molecule has 4 nitrogen and oxygen atoms in total. The molecular weight excluding hydrogens is 206 g/mol. The van der Waals surface area contributed by atoms with Gasteiger partial charge in [0.1, 0.15) is 5.75 Å². The van der Waals surface area contributed by atoms with Crippen molar-refractivity contribution >= 4 is 11.7 Å². The number of nitrogens with zero attached hydrogens (tertiary/aromatic N) is 1. The van der Waals surface area contributed by atoms with Gasteiger partial charge in [0.15, 0.2) is 5.54 Å². The standard InChI is InChI=1S/C12H13NO3/c1-12(11(15)16)7-6-10(13-12)8-2-4-9(14)5-3-8/h2-5,14H,6-7H2,1H3,(H,15,16)/t12-/m0/s1. The van der Waals surface area contributed by atoms with Crippen LogP contribution in [0.4, 0.5) is 0 Å². The van der Waals surface area contributed by atoms with Crippen LogP contribution in [0.25, 0.3) is 0 Å². The van der Waals surface area contributed by atoms with Gasteiger partial charge in [0.2, 0.25) is 0 Å². The van der Waals surface area contributed by atoms with E-state index in [1.54, 1.807) is 31.2 Å². The van der Waals surface area contributed by atoms with Crippen LogP contribution in [-0.4, -0.2) is 27.4 Å². The maximum Gasteiger partial charge on any atom is 0.331 e. The average molecular weight is 219 g/mol. The Labute approximate surface area is 93.3 Å². The van der Waals surface area contributed by atoms with E-state index >= 15 is 0 Å². The van der Waals surface area contributed by atoms with Crippen LogP contribution < -0.4 is 0 Å². The molecule has 2 N–H and O–H groups in total. The van der Waals surface area contributed by atoms with E-state index in [0.717, 1.165) is 11.3 Å². The number of hydrogen-bond acceptors (Lipinski definition) is 3. The number of carboxylic acids is 1. The number of phenolic OH excluding ortho intramolecular Hbond substituents is 1. The summed E-state index contributed by atoms with van der Waals surface area (Å²) < 4.78 is 0. The fourth-order valence-electron chi connectivity index (χ4n) is 1.79. The third-order valence-electron chi connectivity index (χ3n) is 2.89. The molecule has 16 heavy (non-hydrogen) atoms. The first-order valence-electron chi connectivity index (χ1n) is 5.13. The molecule has 1 heterocycles. The van der Waals surface area contributed by atoms with E-state index in [-0.39, 0.29) is 5.75 Å². The van der Waals surface area contributed by atoms with Crippen LogP contribution in [0.2, 0.25) is 0 Å². The second-order valence-corrected chi connectivity index (χ2v) is 4.18. The lowest BCUT2D eigenvalue weighted by atomic mass is 9.99. The molecule has 0 radical (unpaired) electrons. The number of carboxylic acid groups (broad SMARTS) is 1. The number of aliphatic imine (C=N–C) groups is 1. The zero-order chi connectivity index (χ0) is 11.8. The first-order valence-corrected chi connectivity index (χ1v) is 5.13. The molecule has 1 atom stereocenters. The SMILES string of the molecule is C[C@@]1(C(=O)O)CCC(c2ccc(O)cc2)=N1. The molecule has 0 saturated heterocycles. The van der Waals surface area contributed by atoms with E-state index < -0.39 is 11.5 Å². The quantitative estimate of drug-likeness (QED) is 0.797. The largest absolute Gasteiger partial charge is 0.508 e. The van der Waals surface area contributed by atoms with E-state index in [1.165, 1.54) is 0 Å². The number of benzene rings is 1. The Bertz CT molecular complexity index is 450. The van der Waals surface area contributed by atoms with Crippen LogP contribution in [0.3, 0.4) is 0 Å². The molecule has 1 aromatic rings. The Kier molecular flexibility index (Phi) is 2.42. The van der Waals surface area contributed by atoms with E-state index in [4.69, 9.17) is 10.2 Å². The van der Waals surface area contributed by atoms with Gasteiger partial charge in [0, 0.05) is 5.71 Å². The lowest BCUT2D eigenvalue weighted by Crippen LogP contribution is -2.30. The molecule has 4 heteroatoms. The van der Waals surface area contributed by atoms with Gasteiger partial charge in [0.25, 0.3) is 0 Å². The highest BCUT2D eigenvalue weighted by molar-refractivity contribution is 6.04. The van der Waals surface area contributed by atoms with Crippen molar-refractivity contribution in [2.24, 2.45) is 4.99 Å². The molecule has 0 aromatic heterocycles. The minimum absolute atomic E-state index is 0.198. The molecule has 1 aliphatic heterocycles. The Morgan fingerprint density at radius 3 is 2.50 bits per heavy atom. The molecule has 1 aliphatic rings. The Hall–Kier alpha value is -1.84. The van der Waals surface area contributed by atoms with Crippen molar-refractivity contribution in [2.75, 3.05) is 0 Å². The molecule has 0 saturated carbocycles. The second kappa shape index (κ2) is 3.63. The fourth-order valence-corrected chi connectivity index (χ4v) is 1.79. The smallest absolute Gasteiger partial charge is 0.331 e. The van der Waals surface area contributed by atoms with Crippen molar-refractivity contribution in [1.82, 2.24) is 0 Å². The maximum atomic E-state index is 11.0. The summed E-state index contributed by atoms with van der Waals surface area (Å²) in [5.74, 6) is -0.690. The van der Waals surface area contributed by atoms with Crippen LogP contribution in [0.1, 0.15) is 25.3 Å². The summed E-state index contributed by atoms with van der Waals surface area (Å²) in [6, 6.07) is 6.66. The van der Waals surface area contributed by atoms with E-state index in [9.17, 15) is 4.79 Å². The van der Waals surface area contributed by atoms with Crippen LogP contribution in [0, 0.1) is 0 Å². The predicted molar refractivity (Wildman–Crippen MR) is 59.9 cm³/mol. The van der Waals surface area contributed by atoms with Crippen molar-refractivity contribution in [1.29, 1.82) is 0 Å². The first-order chi connectivity index (χ1) is 7.51. The lowest BCUT2D eigenvalue weighted by molar-refractivity contribution is -0.142. The van der Waals surface area contributed by atoms with E-state index in [1.807, 2.05) is 0 Å². The molecule has 0 fully saturated rings. The Balaban J connectivity index is 2.31. The van der Waals surface area contributed by atoms with Crippen molar-refractivity contribution in [3.63, 3.8) is 0 Å². The summed E-state index contributed by atoms with van der Waals surface area (Å²) in [5.41, 5.74) is 0.681. The molecule has 1 aromatic carbocycles. The summed E-state index contributed by atoms with van der Waals surface area (Å²) >= 11 is 0. The number of carbonyl (C=O) groups is 1. The number of rotatable bonds is 2. The lowest BCUT2D eigenvalue weighted by Gasteiger charge is -2.12.